The van der Waals surface area contributed by atoms with Crippen molar-refractivity contribution in [1.29, 1.82) is 0 Å². The van der Waals surface area contributed by atoms with E-state index in [0.29, 0.717) is 38.3 Å². The summed E-state index contributed by atoms with van der Waals surface area (Å²) in [5, 5.41) is 12.5. The number of nitrogens with zero attached hydrogens (tertiary/aromatic N) is 4. The number of aromatic nitrogens is 2. The molecule has 0 amide bonds. The molecule has 0 unspecified atom stereocenters. The van der Waals surface area contributed by atoms with E-state index in [1.165, 1.54) is 18.5 Å². The van der Waals surface area contributed by atoms with Crippen molar-refractivity contribution in [3.63, 3.8) is 0 Å². The third-order valence-electron chi connectivity index (χ3n) is 4.66. The van der Waals surface area contributed by atoms with Crippen molar-refractivity contribution in [2.45, 2.75) is 13.3 Å². The van der Waals surface area contributed by atoms with Gasteiger partial charge in [0.15, 0.2) is 0 Å². The molecule has 2 aromatic heterocycles. The Kier molecular flexibility index (Phi) is 5.09. The minimum Gasteiger partial charge on any atom is -0.433 e. The lowest BCUT2D eigenvalue weighted by atomic mass is 10.1. The van der Waals surface area contributed by atoms with E-state index in [0.717, 1.165) is 10.9 Å². The summed E-state index contributed by atoms with van der Waals surface area (Å²) < 4.78 is 16.3. The van der Waals surface area contributed by atoms with Crippen molar-refractivity contribution >= 4 is 22.5 Å². The van der Waals surface area contributed by atoms with E-state index in [4.69, 9.17) is 13.9 Å². The van der Waals surface area contributed by atoms with Crippen LogP contribution in [0.5, 0.6) is 11.6 Å². The van der Waals surface area contributed by atoms with Crippen LogP contribution in [-0.4, -0.2) is 41.2 Å². The second kappa shape index (κ2) is 7.84. The molecule has 10 heteroatoms. The zero-order valence-electron chi connectivity index (χ0n) is 15.7. The lowest BCUT2D eigenvalue weighted by Gasteiger charge is -2.27. The van der Waals surface area contributed by atoms with E-state index >= 15 is 0 Å². The van der Waals surface area contributed by atoms with Gasteiger partial charge in [-0.15, -0.1) is 0 Å². The molecule has 1 fully saturated rings. The number of rotatable bonds is 5. The average molecular weight is 398 g/mol. The highest BCUT2D eigenvalue weighted by molar-refractivity contribution is 5.81. The average Bonchev–Trinajstić information content (AvgIpc) is 2.73. The molecule has 3 aromatic rings. The van der Waals surface area contributed by atoms with Gasteiger partial charge in [-0.1, -0.05) is 6.92 Å². The zero-order valence-corrected chi connectivity index (χ0v) is 15.7. The van der Waals surface area contributed by atoms with Crippen LogP contribution in [0.4, 0.5) is 11.5 Å². The normalized spacial score (nSPS) is 14.2. The maximum atomic E-state index is 11.8. The molecule has 10 nitrogen and oxygen atoms in total. The van der Waals surface area contributed by atoms with Crippen molar-refractivity contribution in [3.05, 3.63) is 56.7 Å². The van der Waals surface area contributed by atoms with Crippen molar-refractivity contribution in [2.75, 3.05) is 31.2 Å². The van der Waals surface area contributed by atoms with E-state index in [1.807, 2.05) is 6.92 Å². The molecule has 4 rings (SSSR count). The first-order valence-corrected chi connectivity index (χ1v) is 9.13. The topological polar surface area (TPSA) is 121 Å². The van der Waals surface area contributed by atoms with Crippen LogP contribution in [0.1, 0.15) is 12.5 Å². The standard InChI is InChI=1S/C19H18N4O6/c1-2-12-9-16(24)29-15-10-13(3-4-14(12)15)28-19-17(23(25)26)18(20-11-21-19)22-5-7-27-8-6-22/h3-4,9-11H,2,5-8H2,1H3. The molecule has 0 spiro atoms. The molecule has 1 aliphatic rings. The number of hydrogen-bond acceptors (Lipinski definition) is 9. The fourth-order valence-electron chi connectivity index (χ4n) is 3.27. The Morgan fingerprint density at radius 1 is 1.24 bits per heavy atom. The van der Waals surface area contributed by atoms with Gasteiger partial charge < -0.3 is 18.8 Å². The van der Waals surface area contributed by atoms with Crippen molar-refractivity contribution in [1.82, 2.24) is 9.97 Å². The third kappa shape index (κ3) is 3.74. The van der Waals surface area contributed by atoms with Crippen LogP contribution in [0, 0.1) is 10.1 Å². The van der Waals surface area contributed by atoms with Crippen molar-refractivity contribution < 1.29 is 18.8 Å². The van der Waals surface area contributed by atoms with Crippen molar-refractivity contribution in [3.8, 4) is 11.6 Å². The lowest BCUT2D eigenvalue weighted by Crippen LogP contribution is -2.37. The monoisotopic (exact) mass is 398 g/mol. The summed E-state index contributed by atoms with van der Waals surface area (Å²) in [6.07, 6.45) is 1.89. The fourth-order valence-corrected chi connectivity index (χ4v) is 3.27. The van der Waals surface area contributed by atoms with Gasteiger partial charge in [-0.25, -0.2) is 9.78 Å². The molecule has 150 valence electrons. The zero-order chi connectivity index (χ0) is 20.4. The van der Waals surface area contributed by atoms with Gasteiger partial charge >= 0.3 is 17.2 Å². The first kappa shape index (κ1) is 18.8. The number of ether oxygens (including phenoxy) is 2. The number of hydrogen-bond donors (Lipinski definition) is 0. The Balaban J connectivity index is 1.74. The van der Waals surface area contributed by atoms with Gasteiger partial charge in [0, 0.05) is 30.6 Å². The maximum absolute atomic E-state index is 11.8. The highest BCUT2D eigenvalue weighted by Crippen LogP contribution is 2.37. The molecule has 0 radical (unpaired) electrons. The predicted molar refractivity (Wildman–Crippen MR) is 104 cm³/mol. The molecule has 1 aromatic carbocycles. The van der Waals surface area contributed by atoms with Crippen LogP contribution in [-0.2, 0) is 11.2 Å². The number of anilines is 1. The van der Waals surface area contributed by atoms with Crippen LogP contribution >= 0.6 is 0 Å². The van der Waals surface area contributed by atoms with Gasteiger partial charge in [-0.3, -0.25) is 10.1 Å². The van der Waals surface area contributed by atoms with Crippen LogP contribution in [0.3, 0.4) is 0 Å². The molecule has 0 aliphatic carbocycles. The van der Waals surface area contributed by atoms with E-state index in [9.17, 15) is 14.9 Å². The van der Waals surface area contributed by atoms with Gasteiger partial charge in [0.1, 0.15) is 17.7 Å². The number of aryl methyl sites for hydroxylation is 1. The van der Waals surface area contributed by atoms with Gasteiger partial charge in [0.25, 0.3) is 0 Å². The summed E-state index contributed by atoms with van der Waals surface area (Å²) in [5.41, 5.74) is 0.412. The molecule has 0 N–H and O–H groups in total. The lowest BCUT2D eigenvalue weighted by molar-refractivity contribution is -0.385. The smallest absolute Gasteiger partial charge is 0.373 e. The minimum absolute atomic E-state index is 0.181. The van der Waals surface area contributed by atoms with Gasteiger partial charge in [-0.2, -0.15) is 4.98 Å². The Morgan fingerprint density at radius 3 is 2.76 bits per heavy atom. The predicted octanol–water partition coefficient (Wildman–Crippen LogP) is 2.68. The van der Waals surface area contributed by atoms with Crippen LogP contribution in [0.25, 0.3) is 11.0 Å². The Bertz CT molecular complexity index is 1120. The molecule has 0 atom stereocenters. The van der Waals surface area contributed by atoms with Gasteiger partial charge in [-0.05, 0) is 24.1 Å². The number of fused-ring (bicyclic) bond motifs is 1. The summed E-state index contributed by atoms with van der Waals surface area (Å²) in [6, 6.07) is 6.38. The Labute approximate surface area is 164 Å². The summed E-state index contributed by atoms with van der Waals surface area (Å²) in [6.45, 7) is 3.83. The van der Waals surface area contributed by atoms with E-state index < -0.39 is 10.5 Å². The van der Waals surface area contributed by atoms with Crippen LogP contribution in [0.2, 0.25) is 0 Å². The quantitative estimate of drug-likeness (QED) is 0.363. The molecular formula is C19H18N4O6. The molecule has 0 saturated carbocycles. The molecular weight excluding hydrogens is 380 g/mol. The first-order valence-electron chi connectivity index (χ1n) is 9.13. The van der Waals surface area contributed by atoms with Crippen LogP contribution < -0.4 is 15.3 Å². The highest BCUT2D eigenvalue weighted by atomic mass is 16.6. The SMILES string of the molecule is CCc1cc(=O)oc2cc(Oc3ncnc(N4CCOCC4)c3[N+](=O)[O-])ccc12. The second-order valence-corrected chi connectivity index (χ2v) is 6.41. The summed E-state index contributed by atoms with van der Waals surface area (Å²) in [4.78, 5) is 32.8. The first-order chi connectivity index (χ1) is 14.1. The number of morpholine rings is 1. The maximum Gasteiger partial charge on any atom is 0.373 e. The Hall–Kier alpha value is -3.53. The summed E-state index contributed by atoms with van der Waals surface area (Å²) in [5.74, 6) is 0.271. The second-order valence-electron chi connectivity index (χ2n) is 6.41. The molecule has 3 heterocycles. The van der Waals surface area contributed by atoms with E-state index in [1.54, 1.807) is 17.0 Å². The highest BCUT2D eigenvalue weighted by Gasteiger charge is 2.29. The van der Waals surface area contributed by atoms with E-state index in [-0.39, 0.29) is 23.1 Å². The molecule has 0 bridgehead atoms. The number of nitro groups is 1. The molecule has 1 saturated heterocycles. The van der Waals surface area contributed by atoms with Crippen LogP contribution in [0.15, 0.2) is 39.8 Å². The molecule has 1 aliphatic heterocycles. The van der Waals surface area contributed by atoms with Gasteiger partial charge in [0.05, 0.1) is 18.1 Å². The minimum atomic E-state index is -0.559. The molecule has 29 heavy (non-hydrogen) atoms. The van der Waals surface area contributed by atoms with E-state index in [2.05, 4.69) is 9.97 Å². The van der Waals surface area contributed by atoms with Crippen molar-refractivity contribution in [2.24, 2.45) is 0 Å². The fraction of sp³-hybridized carbons (Fsp3) is 0.316. The van der Waals surface area contributed by atoms with Gasteiger partial charge in [0.2, 0.25) is 5.82 Å². The summed E-state index contributed by atoms with van der Waals surface area (Å²) >= 11 is 0. The summed E-state index contributed by atoms with van der Waals surface area (Å²) in [7, 11) is 0. The largest absolute Gasteiger partial charge is 0.433 e. The Morgan fingerprint density at radius 2 is 2.03 bits per heavy atom. The third-order valence-corrected chi connectivity index (χ3v) is 4.66. The number of benzene rings is 1.